The third kappa shape index (κ3) is 4.28. The maximum absolute atomic E-state index is 11.7. The number of rotatable bonds is 7. The van der Waals surface area contributed by atoms with Crippen LogP contribution >= 0.6 is 0 Å². The fourth-order valence-electron chi connectivity index (χ4n) is 2.54. The second-order valence-electron chi connectivity index (χ2n) is 5.03. The van der Waals surface area contributed by atoms with Crippen molar-refractivity contribution in [1.29, 1.82) is 0 Å². The molecule has 0 unspecified atom stereocenters. The van der Waals surface area contributed by atoms with Gasteiger partial charge in [0.15, 0.2) is 0 Å². The van der Waals surface area contributed by atoms with Gasteiger partial charge in [0.2, 0.25) is 0 Å². The third-order valence-corrected chi connectivity index (χ3v) is 8.20. The highest BCUT2D eigenvalue weighted by molar-refractivity contribution is 6.75. The summed E-state index contributed by atoms with van der Waals surface area (Å²) in [5, 5.41) is 0. The fraction of sp³-hybridized carbons (Fsp3) is 0.923. The first kappa shape index (κ1) is 13.8. The molecule has 0 amide bonds. The van der Waals surface area contributed by atoms with E-state index in [4.69, 9.17) is 4.43 Å². The van der Waals surface area contributed by atoms with Gasteiger partial charge in [0.05, 0.1) is 0 Å². The molecule has 0 atom stereocenters. The molecule has 1 rings (SSSR count). The number of hydrogen-bond donors (Lipinski definition) is 0. The molecule has 0 radical (unpaired) electrons. The third-order valence-electron chi connectivity index (χ3n) is 3.72. The van der Waals surface area contributed by atoms with Crippen molar-refractivity contribution < 1.29 is 9.22 Å². The number of hydrogen-bond acceptors (Lipinski definition) is 2. The molecule has 1 fully saturated rings. The molecule has 1 heterocycles. The van der Waals surface area contributed by atoms with Crippen LogP contribution < -0.4 is 0 Å². The predicted molar refractivity (Wildman–Crippen MR) is 69.9 cm³/mol. The Hall–Kier alpha value is -0.313. The van der Waals surface area contributed by atoms with Crippen molar-refractivity contribution in [3.05, 3.63) is 0 Å². The normalized spacial score (nSPS) is 18.6. The SMILES string of the molecule is CCCCCCC(=O)O[Si]1(CC)CCCC1. The average Bonchev–Trinajstić information content (AvgIpc) is 2.74. The van der Waals surface area contributed by atoms with E-state index >= 15 is 0 Å². The number of carbonyl (C=O) groups excluding carboxylic acids is 1. The minimum atomic E-state index is -1.59. The van der Waals surface area contributed by atoms with Crippen LogP contribution in [-0.4, -0.2) is 14.3 Å². The molecule has 1 aliphatic heterocycles. The first-order chi connectivity index (χ1) is 7.72. The van der Waals surface area contributed by atoms with Crippen LogP contribution in [0.5, 0.6) is 0 Å². The van der Waals surface area contributed by atoms with Gasteiger partial charge in [-0.2, -0.15) is 0 Å². The van der Waals surface area contributed by atoms with Crippen LogP contribution in [0.3, 0.4) is 0 Å². The highest BCUT2D eigenvalue weighted by Gasteiger charge is 2.39. The summed E-state index contributed by atoms with van der Waals surface area (Å²) < 4.78 is 5.83. The Morgan fingerprint density at radius 1 is 1.12 bits per heavy atom. The van der Waals surface area contributed by atoms with Gasteiger partial charge >= 0.3 is 0 Å². The van der Waals surface area contributed by atoms with Crippen LogP contribution in [0.25, 0.3) is 0 Å². The fourth-order valence-corrected chi connectivity index (χ4v) is 6.22. The van der Waals surface area contributed by atoms with Gasteiger partial charge in [-0.25, -0.2) is 0 Å². The van der Waals surface area contributed by atoms with E-state index in [1.807, 2.05) is 0 Å². The molecule has 0 aliphatic carbocycles. The predicted octanol–water partition coefficient (Wildman–Crippen LogP) is 4.26. The van der Waals surface area contributed by atoms with E-state index in [-0.39, 0.29) is 5.97 Å². The van der Waals surface area contributed by atoms with Gasteiger partial charge in [-0.3, -0.25) is 4.79 Å². The molecule has 0 saturated carbocycles. The van der Waals surface area contributed by atoms with E-state index < -0.39 is 8.32 Å². The first-order valence-corrected chi connectivity index (χ1v) is 9.47. The highest BCUT2D eigenvalue weighted by atomic mass is 28.4. The van der Waals surface area contributed by atoms with Gasteiger partial charge in [0.1, 0.15) is 0 Å². The number of unbranched alkanes of at least 4 members (excludes halogenated alkanes) is 3. The van der Waals surface area contributed by atoms with Crippen LogP contribution in [0.4, 0.5) is 0 Å². The second-order valence-corrected chi connectivity index (χ2v) is 9.31. The summed E-state index contributed by atoms with van der Waals surface area (Å²) in [7, 11) is -1.59. The van der Waals surface area contributed by atoms with Crippen molar-refractivity contribution in [1.82, 2.24) is 0 Å². The maximum Gasteiger partial charge on any atom is 0.292 e. The zero-order chi connectivity index (χ0) is 11.9. The zero-order valence-electron chi connectivity index (χ0n) is 10.9. The van der Waals surface area contributed by atoms with Crippen LogP contribution in [0.2, 0.25) is 18.1 Å². The summed E-state index contributed by atoms with van der Waals surface area (Å²) >= 11 is 0. The van der Waals surface area contributed by atoms with Crippen molar-refractivity contribution in [3.8, 4) is 0 Å². The quantitative estimate of drug-likeness (QED) is 0.492. The van der Waals surface area contributed by atoms with Gasteiger partial charge in [-0.15, -0.1) is 0 Å². The first-order valence-electron chi connectivity index (χ1n) is 6.94. The summed E-state index contributed by atoms with van der Waals surface area (Å²) in [6, 6.07) is 3.54. The number of carbonyl (C=O) groups is 1. The van der Waals surface area contributed by atoms with E-state index in [9.17, 15) is 4.79 Å². The zero-order valence-corrected chi connectivity index (χ0v) is 11.9. The van der Waals surface area contributed by atoms with Crippen molar-refractivity contribution in [3.63, 3.8) is 0 Å². The molecule has 3 heteroatoms. The molecule has 0 aromatic carbocycles. The lowest BCUT2D eigenvalue weighted by atomic mass is 10.2. The molecule has 0 aromatic rings. The van der Waals surface area contributed by atoms with Crippen LogP contribution in [0.1, 0.15) is 58.8 Å². The summed E-state index contributed by atoms with van der Waals surface area (Å²) in [5.41, 5.74) is 0. The van der Waals surface area contributed by atoms with E-state index in [1.54, 1.807) is 0 Å². The second kappa shape index (κ2) is 7.10. The largest absolute Gasteiger partial charge is 0.519 e. The monoisotopic (exact) mass is 242 g/mol. The topological polar surface area (TPSA) is 26.3 Å². The lowest BCUT2D eigenvalue weighted by Crippen LogP contribution is -2.36. The molecule has 16 heavy (non-hydrogen) atoms. The summed E-state index contributed by atoms with van der Waals surface area (Å²) in [4.78, 5) is 11.7. The molecular formula is C13H26O2Si. The molecule has 0 spiro atoms. The molecule has 0 aromatic heterocycles. The van der Waals surface area contributed by atoms with Crippen molar-refractivity contribution in [2.75, 3.05) is 0 Å². The summed E-state index contributed by atoms with van der Waals surface area (Å²) in [6.07, 6.45) is 7.86. The van der Waals surface area contributed by atoms with E-state index in [2.05, 4.69) is 13.8 Å². The highest BCUT2D eigenvalue weighted by Crippen LogP contribution is 2.34. The van der Waals surface area contributed by atoms with Crippen molar-refractivity contribution in [2.45, 2.75) is 76.9 Å². The molecule has 2 nitrogen and oxygen atoms in total. The van der Waals surface area contributed by atoms with Crippen molar-refractivity contribution in [2.24, 2.45) is 0 Å². The molecule has 0 bridgehead atoms. The molecule has 1 aliphatic rings. The van der Waals surface area contributed by atoms with Crippen LogP contribution in [-0.2, 0) is 9.22 Å². The molecular weight excluding hydrogens is 216 g/mol. The minimum absolute atomic E-state index is 0.0894. The van der Waals surface area contributed by atoms with Gasteiger partial charge in [-0.05, 0) is 24.6 Å². The van der Waals surface area contributed by atoms with Gasteiger partial charge in [0.25, 0.3) is 14.3 Å². The van der Waals surface area contributed by atoms with Gasteiger partial charge < -0.3 is 4.43 Å². The van der Waals surface area contributed by atoms with E-state index in [0.717, 1.165) is 12.5 Å². The lowest BCUT2D eigenvalue weighted by Gasteiger charge is -2.24. The standard InChI is InChI=1S/C13H26O2Si/c1-3-5-6-7-10-13(14)15-16(4-2)11-8-9-12-16/h3-12H2,1-2H3. The van der Waals surface area contributed by atoms with Gasteiger partial charge in [0, 0.05) is 6.42 Å². The molecule has 94 valence electrons. The Morgan fingerprint density at radius 3 is 2.38 bits per heavy atom. The van der Waals surface area contributed by atoms with E-state index in [0.29, 0.717) is 6.42 Å². The minimum Gasteiger partial charge on any atom is -0.519 e. The Kier molecular flexibility index (Phi) is 6.10. The molecule has 1 saturated heterocycles. The van der Waals surface area contributed by atoms with Crippen molar-refractivity contribution >= 4 is 14.3 Å². The summed E-state index contributed by atoms with van der Waals surface area (Å²) in [5.74, 6) is 0.0894. The Balaban J connectivity index is 2.21. The van der Waals surface area contributed by atoms with Crippen LogP contribution in [0.15, 0.2) is 0 Å². The average molecular weight is 242 g/mol. The smallest absolute Gasteiger partial charge is 0.292 e. The van der Waals surface area contributed by atoms with E-state index in [1.165, 1.54) is 44.2 Å². The Bertz CT molecular complexity index is 210. The lowest BCUT2D eigenvalue weighted by molar-refractivity contribution is -0.135. The Labute approximate surface area is 101 Å². The molecule has 0 N–H and O–H groups in total. The van der Waals surface area contributed by atoms with Crippen LogP contribution in [0, 0.1) is 0 Å². The maximum atomic E-state index is 11.7. The Morgan fingerprint density at radius 2 is 1.81 bits per heavy atom. The summed E-state index contributed by atoms with van der Waals surface area (Å²) in [6.45, 7) is 4.39. The van der Waals surface area contributed by atoms with Gasteiger partial charge in [-0.1, -0.05) is 46.0 Å².